The summed E-state index contributed by atoms with van der Waals surface area (Å²) in [7, 11) is -4.76. The number of aromatic nitrogens is 2. The van der Waals surface area contributed by atoms with E-state index in [1.165, 1.54) is 0 Å². The zero-order valence-electron chi connectivity index (χ0n) is 10.4. The number of H-pyrrole nitrogens is 1. The molecule has 1 fully saturated rings. The fraction of sp³-hybridized carbons (Fsp3) is 0.556. The van der Waals surface area contributed by atoms with Crippen molar-refractivity contribution < 1.29 is 33.8 Å². The predicted molar refractivity (Wildman–Crippen MR) is 79.5 cm³/mol. The number of nitrogens with zero attached hydrogens (tertiary/aromatic N) is 1. The van der Waals surface area contributed by atoms with E-state index in [1.54, 1.807) is 0 Å². The summed E-state index contributed by atoms with van der Waals surface area (Å²) in [6.45, 7) is -0.683. The molecule has 11 nitrogen and oxygen atoms in total. The Labute approximate surface area is 173 Å². The molecule has 2 rings (SSSR count). The summed E-state index contributed by atoms with van der Waals surface area (Å²) in [5.74, 6) is 0. The summed E-state index contributed by atoms with van der Waals surface area (Å²) in [5, 5.41) is 19.6. The number of ether oxygens (including phenoxy) is 1. The van der Waals surface area contributed by atoms with Crippen LogP contribution in [0.4, 0.5) is 0 Å². The van der Waals surface area contributed by atoms with Gasteiger partial charge in [-0.2, -0.15) is 0 Å². The summed E-state index contributed by atoms with van der Waals surface area (Å²) >= 11 is 0. The van der Waals surface area contributed by atoms with Gasteiger partial charge in [0.15, 0.2) is 6.23 Å². The standard InChI is InChI=1S/C9H13N2O9P.2Na.2H/c12-5-1-2-11(9(15)10-5)8-7(14)6(13)4(20-8)3-19-21(16,17)18;;;;/h1-2,4,6-8,13-14H,3H2,(H,10,12,15)(H2,16,17,18);;;;/t4-,6-,7-,8-;;;;/m1..../s1. The number of aliphatic hydroxyl groups is 2. The van der Waals surface area contributed by atoms with E-state index in [2.05, 4.69) is 4.52 Å². The monoisotopic (exact) mass is 372 g/mol. The molecule has 1 saturated heterocycles. The van der Waals surface area contributed by atoms with Crippen LogP contribution >= 0.6 is 7.82 Å². The van der Waals surface area contributed by atoms with Gasteiger partial charge in [-0.1, -0.05) is 0 Å². The van der Waals surface area contributed by atoms with Crippen LogP contribution in [0.2, 0.25) is 0 Å². The first-order valence-corrected chi connectivity index (χ1v) is 7.25. The van der Waals surface area contributed by atoms with E-state index in [0.29, 0.717) is 0 Å². The Bertz CT molecular complexity index is 673. The molecule has 23 heavy (non-hydrogen) atoms. The molecule has 0 spiro atoms. The Morgan fingerprint density at radius 2 is 1.87 bits per heavy atom. The molecule has 0 radical (unpaired) electrons. The number of phosphoric acid groups is 1. The molecule has 5 N–H and O–H groups in total. The first kappa shape index (κ1) is 23.7. The van der Waals surface area contributed by atoms with Crippen LogP contribution in [0.15, 0.2) is 21.9 Å². The quantitative estimate of drug-likeness (QED) is 0.261. The molecule has 2 heterocycles. The van der Waals surface area contributed by atoms with Gasteiger partial charge < -0.3 is 24.7 Å². The summed E-state index contributed by atoms with van der Waals surface area (Å²) in [4.78, 5) is 41.6. The molecule has 1 aliphatic heterocycles. The molecule has 4 atom stereocenters. The van der Waals surface area contributed by atoms with E-state index in [1.807, 2.05) is 4.98 Å². The van der Waals surface area contributed by atoms with Crippen LogP contribution in [-0.2, 0) is 13.8 Å². The summed E-state index contributed by atoms with van der Waals surface area (Å²) < 4.78 is 20.8. The van der Waals surface area contributed by atoms with Gasteiger partial charge in [0.2, 0.25) is 0 Å². The molecular weight excluding hydrogens is 357 g/mol. The average molecular weight is 372 g/mol. The number of nitrogens with one attached hydrogen (secondary N) is 1. The van der Waals surface area contributed by atoms with E-state index < -0.39 is 50.2 Å². The van der Waals surface area contributed by atoms with Crippen molar-refractivity contribution in [2.45, 2.75) is 24.5 Å². The molecule has 0 bridgehead atoms. The van der Waals surface area contributed by atoms with Crippen LogP contribution in [-0.4, -0.2) is 114 Å². The number of rotatable bonds is 4. The van der Waals surface area contributed by atoms with Crippen molar-refractivity contribution in [2.24, 2.45) is 0 Å². The van der Waals surface area contributed by atoms with Crippen molar-refractivity contribution in [3.63, 3.8) is 0 Å². The number of aliphatic hydroxyl groups excluding tert-OH is 2. The van der Waals surface area contributed by atoms with Crippen LogP contribution in [0.1, 0.15) is 6.23 Å². The molecular formula is C9H15N2Na2O9P. The van der Waals surface area contributed by atoms with E-state index in [0.717, 1.165) is 16.8 Å². The zero-order valence-corrected chi connectivity index (χ0v) is 11.3. The summed E-state index contributed by atoms with van der Waals surface area (Å²) in [6.07, 6.45) is -4.58. The first-order chi connectivity index (χ1) is 9.69. The maximum atomic E-state index is 11.6. The van der Waals surface area contributed by atoms with Gasteiger partial charge in [0.25, 0.3) is 5.56 Å². The summed E-state index contributed by atoms with van der Waals surface area (Å²) in [5.41, 5.74) is -1.51. The average Bonchev–Trinajstić information content (AvgIpc) is 2.64. The first-order valence-electron chi connectivity index (χ1n) is 5.72. The van der Waals surface area contributed by atoms with Crippen LogP contribution in [0.25, 0.3) is 0 Å². The van der Waals surface area contributed by atoms with Crippen molar-refractivity contribution in [1.29, 1.82) is 0 Å². The number of hydrogen-bond acceptors (Lipinski definition) is 7. The molecule has 122 valence electrons. The number of aromatic amines is 1. The third kappa shape index (κ3) is 6.15. The van der Waals surface area contributed by atoms with Gasteiger partial charge in [0, 0.05) is 12.3 Å². The van der Waals surface area contributed by atoms with Crippen LogP contribution in [0.3, 0.4) is 0 Å². The fourth-order valence-corrected chi connectivity index (χ4v) is 2.24. The Balaban J connectivity index is 0.00000242. The van der Waals surface area contributed by atoms with Crippen molar-refractivity contribution in [1.82, 2.24) is 9.55 Å². The van der Waals surface area contributed by atoms with Crippen molar-refractivity contribution in [3.8, 4) is 0 Å². The van der Waals surface area contributed by atoms with Crippen molar-refractivity contribution in [2.75, 3.05) is 6.61 Å². The van der Waals surface area contributed by atoms with Crippen molar-refractivity contribution in [3.05, 3.63) is 33.1 Å². The van der Waals surface area contributed by atoms with E-state index in [4.69, 9.17) is 14.5 Å². The fourth-order valence-electron chi connectivity index (χ4n) is 1.89. The third-order valence-corrected chi connectivity index (χ3v) is 3.35. The number of hydrogen-bond donors (Lipinski definition) is 5. The third-order valence-electron chi connectivity index (χ3n) is 2.87. The van der Waals surface area contributed by atoms with Gasteiger partial charge in [-0.05, 0) is 0 Å². The predicted octanol–water partition coefficient (Wildman–Crippen LogP) is -4.03. The van der Waals surface area contributed by atoms with E-state index >= 15 is 0 Å². The van der Waals surface area contributed by atoms with Crippen LogP contribution in [0.5, 0.6) is 0 Å². The second kappa shape index (κ2) is 9.39. The molecule has 1 aromatic rings. The van der Waals surface area contributed by atoms with Gasteiger partial charge in [-0.3, -0.25) is 18.9 Å². The van der Waals surface area contributed by atoms with Gasteiger partial charge >= 0.3 is 72.6 Å². The molecule has 14 heteroatoms. The zero-order chi connectivity index (χ0) is 15.8. The molecule has 0 aromatic carbocycles. The Morgan fingerprint density at radius 3 is 2.39 bits per heavy atom. The molecule has 0 amide bonds. The minimum absolute atomic E-state index is 0. The van der Waals surface area contributed by atoms with E-state index in [9.17, 15) is 24.4 Å². The van der Waals surface area contributed by atoms with Crippen molar-refractivity contribution >= 4 is 66.9 Å². The Hall–Kier alpha value is 0.670. The van der Waals surface area contributed by atoms with Gasteiger partial charge in [0.05, 0.1) is 6.61 Å². The van der Waals surface area contributed by atoms with E-state index in [-0.39, 0.29) is 59.1 Å². The van der Waals surface area contributed by atoms with Crippen LogP contribution in [0, 0.1) is 0 Å². The SMILES string of the molecule is O=c1ccn([C@@H]2O[C@H](COP(=O)(O)O)[C@@H](O)[C@H]2O)c(=O)[nH]1.[NaH].[NaH]. The molecule has 1 aliphatic rings. The molecule has 1 aromatic heterocycles. The summed E-state index contributed by atoms with van der Waals surface area (Å²) in [6, 6.07) is 1.02. The molecule has 0 saturated carbocycles. The van der Waals surface area contributed by atoms with Gasteiger partial charge in [-0.25, -0.2) is 9.36 Å². The minimum atomic E-state index is -4.76. The van der Waals surface area contributed by atoms with Gasteiger partial charge in [0.1, 0.15) is 18.3 Å². The normalized spacial score (nSPS) is 27.1. The van der Waals surface area contributed by atoms with Crippen LogP contribution < -0.4 is 11.2 Å². The number of phosphoric ester groups is 1. The molecule has 0 aliphatic carbocycles. The van der Waals surface area contributed by atoms with Gasteiger partial charge in [-0.15, -0.1) is 0 Å². The Kier molecular flexibility index (Phi) is 9.66. The Morgan fingerprint density at radius 1 is 1.26 bits per heavy atom. The second-order valence-electron chi connectivity index (χ2n) is 4.35. The molecule has 0 unspecified atom stereocenters. The maximum absolute atomic E-state index is 11.6. The second-order valence-corrected chi connectivity index (χ2v) is 5.59. The topological polar surface area (TPSA) is 171 Å².